The molecule has 0 aliphatic rings. The number of aromatic nitrogens is 2. The van der Waals surface area contributed by atoms with Crippen molar-refractivity contribution in [1.82, 2.24) is 9.97 Å². The molecule has 60 valence electrons. The third-order valence-corrected chi connectivity index (χ3v) is 1.84. The van der Waals surface area contributed by atoms with Crippen LogP contribution in [0, 0.1) is 6.92 Å². The Morgan fingerprint density at radius 1 is 1.17 bits per heavy atom. The summed E-state index contributed by atoms with van der Waals surface area (Å²) in [5, 5.41) is 0. The van der Waals surface area contributed by atoms with Crippen LogP contribution in [0.4, 0.5) is 0 Å². The minimum absolute atomic E-state index is 1.05. The van der Waals surface area contributed by atoms with Gasteiger partial charge in [-0.05, 0) is 19.1 Å². The first kappa shape index (κ1) is 7.10. The summed E-state index contributed by atoms with van der Waals surface area (Å²) in [6, 6.07) is 6.13. The molecule has 0 unspecified atom stereocenters. The molecule has 2 aromatic rings. The van der Waals surface area contributed by atoms with Gasteiger partial charge in [0.2, 0.25) is 0 Å². The molecule has 0 saturated carbocycles. The summed E-state index contributed by atoms with van der Waals surface area (Å²) < 4.78 is 0. The van der Waals surface area contributed by atoms with Crippen LogP contribution < -0.4 is 0 Å². The lowest BCUT2D eigenvalue weighted by molar-refractivity contribution is 1.20. The molecular formula is C10H10N2. The number of H-pyrrole nitrogens is 1. The molecule has 0 fully saturated rings. The Hall–Kier alpha value is -1.57. The van der Waals surface area contributed by atoms with Gasteiger partial charge in [0.05, 0.1) is 0 Å². The van der Waals surface area contributed by atoms with Gasteiger partial charge in [0, 0.05) is 35.4 Å². The molecule has 2 heteroatoms. The van der Waals surface area contributed by atoms with Crippen molar-refractivity contribution in [1.29, 1.82) is 0 Å². The van der Waals surface area contributed by atoms with Crippen LogP contribution in [0.2, 0.25) is 0 Å². The maximum Gasteiger partial charge on any atom is 0.0373 e. The van der Waals surface area contributed by atoms with Crippen molar-refractivity contribution in [3.63, 3.8) is 0 Å². The monoisotopic (exact) mass is 158 g/mol. The van der Waals surface area contributed by atoms with E-state index >= 15 is 0 Å². The van der Waals surface area contributed by atoms with Crippen LogP contribution in [0.3, 0.4) is 0 Å². The summed E-state index contributed by atoms with van der Waals surface area (Å²) in [4.78, 5) is 7.24. The summed E-state index contributed by atoms with van der Waals surface area (Å²) in [6.07, 6.45) is 5.76. The van der Waals surface area contributed by atoms with Crippen LogP contribution in [0.5, 0.6) is 0 Å². The van der Waals surface area contributed by atoms with Crippen LogP contribution in [-0.4, -0.2) is 9.97 Å². The van der Waals surface area contributed by atoms with E-state index in [2.05, 4.69) is 16.0 Å². The number of aromatic amines is 1. The molecule has 12 heavy (non-hydrogen) atoms. The smallest absolute Gasteiger partial charge is 0.0373 e. The highest BCUT2D eigenvalue weighted by Gasteiger charge is 1.95. The molecule has 2 aromatic heterocycles. The average Bonchev–Trinajstić information content (AvgIpc) is 2.58. The SMILES string of the molecule is Cc1ccc(-c2cc[nH]c2)cn1. The quantitative estimate of drug-likeness (QED) is 0.678. The van der Waals surface area contributed by atoms with Crippen LogP contribution in [-0.2, 0) is 0 Å². The Kier molecular flexibility index (Phi) is 1.67. The largest absolute Gasteiger partial charge is 0.367 e. The fourth-order valence-corrected chi connectivity index (χ4v) is 1.14. The molecular weight excluding hydrogens is 148 g/mol. The van der Waals surface area contributed by atoms with E-state index in [1.807, 2.05) is 37.6 Å². The van der Waals surface area contributed by atoms with Crippen molar-refractivity contribution in [3.05, 3.63) is 42.5 Å². The van der Waals surface area contributed by atoms with Crippen molar-refractivity contribution in [3.8, 4) is 11.1 Å². The second kappa shape index (κ2) is 2.81. The number of rotatable bonds is 1. The standard InChI is InChI=1S/C10H10N2/c1-8-2-3-9(7-12-8)10-4-5-11-6-10/h2-7,11H,1H3. The number of aryl methyl sites for hydroxylation is 1. The Bertz CT molecular complexity index is 346. The lowest BCUT2D eigenvalue weighted by atomic mass is 10.1. The molecule has 0 aliphatic carbocycles. The van der Waals surface area contributed by atoms with Crippen LogP contribution >= 0.6 is 0 Å². The average molecular weight is 158 g/mol. The van der Waals surface area contributed by atoms with Gasteiger partial charge in [-0.3, -0.25) is 4.98 Å². The molecule has 0 aliphatic heterocycles. The highest BCUT2D eigenvalue weighted by molar-refractivity contribution is 5.61. The molecule has 2 rings (SSSR count). The molecule has 1 N–H and O–H groups in total. The van der Waals surface area contributed by atoms with E-state index in [1.165, 1.54) is 5.56 Å². The van der Waals surface area contributed by atoms with Gasteiger partial charge >= 0.3 is 0 Å². The number of hydrogen-bond acceptors (Lipinski definition) is 1. The Labute approximate surface area is 71.3 Å². The maximum absolute atomic E-state index is 4.22. The molecule has 2 heterocycles. The zero-order valence-electron chi connectivity index (χ0n) is 6.91. The van der Waals surface area contributed by atoms with Crippen molar-refractivity contribution >= 4 is 0 Å². The van der Waals surface area contributed by atoms with Gasteiger partial charge in [-0.15, -0.1) is 0 Å². The van der Waals surface area contributed by atoms with Gasteiger partial charge in [0.25, 0.3) is 0 Å². The first-order valence-corrected chi connectivity index (χ1v) is 3.92. The van der Waals surface area contributed by atoms with Gasteiger partial charge in [-0.2, -0.15) is 0 Å². The third kappa shape index (κ3) is 1.23. The Morgan fingerprint density at radius 3 is 2.67 bits per heavy atom. The summed E-state index contributed by atoms with van der Waals surface area (Å²) in [5.41, 5.74) is 3.39. The second-order valence-electron chi connectivity index (χ2n) is 2.79. The van der Waals surface area contributed by atoms with Crippen molar-refractivity contribution in [2.45, 2.75) is 6.92 Å². The summed E-state index contributed by atoms with van der Waals surface area (Å²) in [7, 11) is 0. The molecule has 0 aromatic carbocycles. The summed E-state index contributed by atoms with van der Waals surface area (Å²) in [6.45, 7) is 1.99. The van der Waals surface area contributed by atoms with Gasteiger partial charge in [0.1, 0.15) is 0 Å². The fraction of sp³-hybridized carbons (Fsp3) is 0.100. The minimum Gasteiger partial charge on any atom is -0.367 e. The normalized spacial score (nSPS) is 10.1. The molecule has 0 spiro atoms. The van der Waals surface area contributed by atoms with Gasteiger partial charge in [-0.1, -0.05) is 6.07 Å². The maximum atomic E-state index is 4.22. The predicted octanol–water partition coefficient (Wildman–Crippen LogP) is 2.39. The number of pyridine rings is 1. The molecule has 0 atom stereocenters. The van der Waals surface area contributed by atoms with Crippen molar-refractivity contribution in [2.24, 2.45) is 0 Å². The predicted molar refractivity (Wildman–Crippen MR) is 48.8 cm³/mol. The summed E-state index contributed by atoms with van der Waals surface area (Å²) in [5.74, 6) is 0. The third-order valence-electron chi connectivity index (χ3n) is 1.84. The first-order valence-electron chi connectivity index (χ1n) is 3.92. The van der Waals surface area contributed by atoms with Gasteiger partial charge < -0.3 is 4.98 Å². The molecule has 0 saturated heterocycles. The Morgan fingerprint density at radius 2 is 2.08 bits per heavy atom. The van der Waals surface area contributed by atoms with E-state index in [9.17, 15) is 0 Å². The van der Waals surface area contributed by atoms with Crippen molar-refractivity contribution < 1.29 is 0 Å². The van der Waals surface area contributed by atoms with E-state index in [4.69, 9.17) is 0 Å². The van der Waals surface area contributed by atoms with E-state index in [0.29, 0.717) is 0 Å². The zero-order valence-corrected chi connectivity index (χ0v) is 6.91. The Balaban J connectivity index is 2.43. The lowest BCUT2D eigenvalue weighted by Gasteiger charge is -1.96. The summed E-state index contributed by atoms with van der Waals surface area (Å²) >= 11 is 0. The van der Waals surface area contributed by atoms with Crippen molar-refractivity contribution in [2.75, 3.05) is 0 Å². The fourth-order valence-electron chi connectivity index (χ4n) is 1.14. The van der Waals surface area contributed by atoms with E-state index in [0.717, 1.165) is 11.3 Å². The van der Waals surface area contributed by atoms with Gasteiger partial charge in [-0.25, -0.2) is 0 Å². The molecule has 0 bridgehead atoms. The van der Waals surface area contributed by atoms with E-state index in [1.54, 1.807) is 0 Å². The molecule has 0 radical (unpaired) electrons. The highest BCUT2D eigenvalue weighted by Crippen LogP contribution is 2.16. The van der Waals surface area contributed by atoms with Gasteiger partial charge in [0.15, 0.2) is 0 Å². The van der Waals surface area contributed by atoms with E-state index < -0.39 is 0 Å². The van der Waals surface area contributed by atoms with Crippen LogP contribution in [0.15, 0.2) is 36.8 Å². The molecule has 2 nitrogen and oxygen atoms in total. The second-order valence-corrected chi connectivity index (χ2v) is 2.79. The van der Waals surface area contributed by atoms with Crippen LogP contribution in [0.25, 0.3) is 11.1 Å². The number of nitrogens with one attached hydrogen (secondary N) is 1. The van der Waals surface area contributed by atoms with Crippen LogP contribution in [0.1, 0.15) is 5.69 Å². The highest BCUT2D eigenvalue weighted by atomic mass is 14.7. The van der Waals surface area contributed by atoms with E-state index in [-0.39, 0.29) is 0 Å². The molecule has 0 amide bonds. The number of hydrogen-bond donors (Lipinski definition) is 1. The zero-order chi connectivity index (χ0) is 8.39. The minimum atomic E-state index is 1.05. The first-order chi connectivity index (χ1) is 5.86. The topological polar surface area (TPSA) is 28.7 Å². The number of nitrogens with zero attached hydrogens (tertiary/aromatic N) is 1. The lowest BCUT2D eigenvalue weighted by Crippen LogP contribution is -1.80.